The molecule has 1 unspecified atom stereocenters. The van der Waals surface area contributed by atoms with Crippen molar-refractivity contribution in [1.82, 2.24) is 15.5 Å². The molecule has 2 aromatic heterocycles. The maximum atomic E-state index is 12.1. The third-order valence-electron chi connectivity index (χ3n) is 4.36. The highest BCUT2D eigenvalue weighted by Crippen LogP contribution is 2.19. The molecular formula is C20H25ClN4O2S. The first kappa shape index (κ1) is 22.1. The van der Waals surface area contributed by atoms with Crippen molar-refractivity contribution in [1.29, 1.82) is 0 Å². The molecule has 0 aliphatic heterocycles. The van der Waals surface area contributed by atoms with Crippen LogP contribution in [0.2, 0.25) is 0 Å². The molecule has 0 bridgehead atoms. The van der Waals surface area contributed by atoms with Crippen molar-refractivity contribution in [3.8, 4) is 11.4 Å². The monoisotopic (exact) mass is 420 g/mol. The van der Waals surface area contributed by atoms with E-state index in [1.165, 1.54) is 5.56 Å². The van der Waals surface area contributed by atoms with Crippen LogP contribution >= 0.6 is 23.7 Å². The largest absolute Gasteiger partial charge is 0.354 e. The second-order valence-electron chi connectivity index (χ2n) is 6.76. The minimum atomic E-state index is -0.233. The van der Waals surface area contributed by atoms with Gasteiger partial charge in [-0.1, -0.05) is 43.3 Å². The maximum absolute atomic E-state index is 12.1. The average Bonchev–Trinajstić information content (AvgIpc) is 3.35. The first-order chi connectivity index (χ1) is 13.0. The predicted octanol–water partition coefficient (Wildman–Crippen LogP) is 4.09. The van der Waals surface area contributed by atoms with Crippen molar-refractivity contribution in [2.45, 2.75) is 38.6 Å². The lowest BCUT2D eigenvalue weighted by Gasteiger charge is -2.14. The van der Waals surface area contributed by atoms with Gasteiger partial charge in [-0.25, -0.2) is 0 Å². The van der Waals surface area contributed by atoms with Gasteiger partial charge < -0.3 is 15.6 Å². The number of amides is 1. The van der Waals surface area contributed by atoms with Crippen molar-refractivity contribution in [3.63, 3.8) is 0 Å². The highest BCUT2D eigenvalue weighted by Gasteiger charge is 2.12. The number of nitrogens with zero attached hydrogens (tertiary/aromatic N) is 2. The van der Waals surface area contributed by atoms with Gasteiger partial charge in [0.1, 0.15) is 0 Å². The Hall–Kier alpha value is -2.22. The summed E-state index contributed by atoms with van der Waals surface area (Å²) in [4.78, 5) is 16.4. The number of hydrogen-bond donors (Lipinski definition) is 2. The highest BCUT2D eigenvalue weighted by atomic mass is 35.5. The van der Waals surface area contributed by atoms with E-state index >= 15 is 0 Å². The summed E-state index contributed by atoms with van der Waals surface area (Å²) >= 11 is 1.57. The van der Waals surface area contributed by atoms with Gasteiger partial charge in [0.15, 0.2) is 0 Å². The van der Waals surface area contributed by atoms with Gasteiger partial charge in [-0.3, -0.25) is 4.79 Å². The molecule has 3 aromatic rings. The second-order valence-corrected chi connectivity index (χ2v) is 7.54. The number of carbonyl (C=O) groups is 1. The minimum Gasteiger partial charge on any atom is -0.354 e. The molecule has 3 N–H and O–H groups in total. The van der Waals surface area contributed by atoms with E-state index < -0.39 is 0 Å². The summed E-state index contributed by atoms with van der Waals surface area (Å²) in [5, 5.41) is 10.7. The molecule has 0 radical (unpaired) electrons. The van der Waals surface area contributed by atoms with Crippen LogP contribution in [0.25, 0.3) is 11.4 Å². The molecule has 150 valence electrons. The van der Waals surface area contributed by atoms with E-state index in [1.54, 1.807) is 11.3 Å². The zero-order valence-electron chi connectivity index (χ0n) is 15.9. The van der Waals surface area contributed by atoms with Gasteiger partial charge in [0, 0.05) is 36.4 Å². The Balaban J connectivity index is 0.00000280. The van der Waals surface area contributed by atoms with Gasteiger partial charge in [0.25, 0.3) is 0 Å². The summed E-state index contributed by atoms with van der Waals surface area (Å²) in [6.07, 6.45) is 0.686. The highest BCUT2D eigenvalue weighted by molar-refractivity contribution is 7.08. The second kappa shape index (κ2) is 10.4. The molecule has 0 fully saturated rings. The number of halogens is 1. The van der Waals surface area contributed by atoms with Crippen molar-refractivity contribution in [2.24, 2.45) is 5.73 Å². The van der Waals surface area contributed by atoms with Crippen LogP contribution in [-0.4, -0.2) is 22.6 Å². The molecule has 3 rings (SSSR count). The number of nitrogens with one attached hydrogen (secondary N) is 1. The van der Waals surface area contributed by atoms with Crippen molar-refractivity contribution >= 4 is 29.7 Å². The summed E-state index contributed by atoms with van der Waals surface area (Å²) < 4.78 is 5.20. The zero-order valence-corrected chi connectivity index (χ0v) is 17.6. The minimum absolute atomic E-state index is 0. The van der Waals surface area contributed by atoms with Crippen LogP contribution in [0.5, 0.6) is 0 Å². The lowest BCUT2D eigenvalue weighted by atomic mass is 9.99. The van der Waals surface area contributed by atoms with Crippen LogP contribution in [0.1, 0.15) is 49.2 Å². The van der Waals surface area contributed by atoms with Crippen LogP contribution in [0, 0.1) is 0 Å². The van der Waals surface area contributed by atoms with Gasteiger partial charge in [0.05, 0.1) is 0 Å². The van der Waals surface area contributed by atoms with E-state index in [9.17, 15) is 4.79 Å². The lowest BCUT2D eigenvalue weighted by Crippen LogP contribution is -2.32. The van der Waals surface area contributed by atoms with Crippen molar-refractivity contribution in [3.05, 3.63) is 58.1 Å². The quantitative estimate of drug-likeness (QED) is 0.572. The van der Waals surface area contributed by atoms with Crippen LogP contribution in [0.4, 0.5) is 0 Å². The SMILES string of the molecule is CC(C)c1ccc(C(N)CNC(=O)CCc2nc(-c3ccsc3)no2)cc1.Cl. The fourth-order valence-corrected chi connectivity index (χ4v) is 3.28. The topological polar surface area (TPSA) is 94.0 Å². The molecule has 0 aliphatic carbocycles. The number of benzene rings is 1. The summed E-state index contributed by atoms with van der Waals surface area (Å²) in [5.74, 6) is 1.41. The summed E-state index contributed by atoms with van der Waals surface area (Å²) in [6, 6.07) is 9.92. The molecule has 2 heterocycles. The molecule has 0 saturated carbocycles. The first-order valence-corrected chi connectivity index (χ1v) is 9.94. The summed E-state index contributed by atoms with van der Waals surface area (Å²) in [5.41, 5.74) is 9.39. The Labute approximate surface area is 174 Å². The Morgan fingerprint density at radius 3 is 2.57 bits per heavy atom. The molecule has 6 nitrogen and oxygen atoms in total. The fourth-order valence-electron chi connectivity index (χ4n) is 2.64. The van der Waals surface area contributed by atoms with E-state index in [0.29, 0.717) is 30.6 Å². The van der Waals surface area contributed by atoms with E-state index in [4.69, 9.17) is 10.3 Å². The number of aromatic nitrogens is 2. The van der Waals surface area contributed by atoms with Gasteiger partial charge in [-0.15, -0.1) is 12.4 Å². The molecule has 1 aromatic carbocycles. The van der Waals surface area contributed by atoms with Crippen LogP contribution < -0.4 is 11.1 Å². The molecule has 28 heavy (non-hydrogen) atoms. The maximum Gasteiger partial charge on any atom is 0.227 e. The number of nitrogens with two attached hydrogens (primary N) is 1. The number of carbonyl (C=O) groups excluding carboxylic acids is 1. The molecule has 8 heteroatoms. The summed E-state index contributed by atoms with van der Waals surface area (Å²) in [7, 11) is 0. The van der Waals surface area contributed by atoms with Gasteiger partial charge in [0.2, 0.25) is 17.6 Å². The molecule has 0 saturated heterocycles. The third-order valence-corrected chi connectivity index (χ3v) is 5.05. The number of thiophene rings is 1. The van der Waals surface area contributed by atoms with Crippen molar-refractivity contribution in [2.75, 3.05) is 6.54 Å². The van der Waals surface area contributed by atoms with Gasteiger partial charge in [-0.05, 0) is 28.5 Å². The van der Waals surface area contributed by atoms with E-state index in [-0.39, 0.29) is 30.8 Å². The van der Waals surface area contributed by atoms with Crippen molar-refractivity contribution < 1.29 is 9.32 Å². The van der Waals surface area contributed by atoms with Gasteiger partial charge >= 0.3 is 0 Å². The fraction of sp³-hybridized carbons (Fsp3) is 0.350. The standard InChI is InChI=1S/C20H24N4O2S.ClH/c1-13(2)14-3-5-15(6-4-14)17(21)11-22-18(25)7-8-19-23-20(24-26-19)16-9-10-27-12-16;/h3-6,9-10,12-13,17H,7-8,11,21H2,1-2H3,(H,22,25);1H. The zero-order chi connectivity index (χ0) is 19.2. The van der Waals surface area contributed by atoms with Crippen LogP contribution in [0.15, 0.2) is 45.6 Å². The third kappa shape index (κ3) is 5.89. The molecule has 0 spiro atoms. The van der Waals surface area contributed by atoms with E-state index in [2.05, 4.69) is 41.4 Å². The normalized spacial score (nSPS) is 11.9. The lowest BCUT2D eigenvalue weighted by molar-refractivity contribution is -0.121. The number of hydrogen-bond acceptors (Lipinski definition) is 6. The Morgan fingerprint density at radius 1 is 1.21 bits per heavy atom. The predicted molar refractivity (Wildman–Crippen MR) is 114 cm³/mol. The molecule has 0 aliphatic rings. The first-order valence-electron chi connectivity index (χ1n) is 9.00. The number of aryl methyl sites for hydroxylation is 1. The van der Waals surface area contributed by atoms with Crippen LogP contribution in [0.3, 0.4) is 0 Å². The van der Waals surface area contributed by atoms with Crippen LogP contribution in [-0.2, 0) is 11.2 Å². The summed E-state index contributed by atoms with van der Waals surface area (Å²) in [6.45, 7) is 4.70. The number of rotatable bonds is 8. The van der Waals surface area contributed by atoms with E-state index in [0.717, 1.165) is 11.1 Å². The Bertz CT molecular complexity index is 863. The molecular weight excluding hydrogens is 396 g/mol. The average molecular weight is 421 g/mol. The Morgan fingerprint density at radius 2 is 1.93 bits per heavy atom. The molecule has 1 amide bonds. The Kier molecular flexibility index (Phi) is 8.17. The molecule has 1 atom stereocenters. The van der Waals surface area contributed by atoms with E-state index in [1.807, 2.05) is 29.0 Å². The van der Waals surface area contributed by atoms with Gasteiger partial charge in [-0.2, -0.15) is 16.3 Å². The smallest absolute Gasteiger partial charge is 0.227 e.